The quantitative estimate of drug-likeness (QED) is 0.790. The van der Waals surface area contributed by atoms with Gasteiger partial charge in [0.25, 0.3) is 0 Å². The second kappa shape index (κ2) is 7.76. The van der Waals surface area contributed by atoms with Gasteiger partial charge in [0.1, 0.15) is 5.82 Å². The van der Waals surface area contributed by atoms with Crippen molar-refractivity contribution < 1.29 is 4.79 Å². The minimum absolute atomic E-state index is 0.136. The van der Waals surface area contributed by atoms with Crippen molar-refractivity contribution in [1.29, 1.82) is 0 Å². The van der Waals surface area contributed by atoms with Gasteiger partial charge < -0.3 is 11.1 Å². The molecular weight excluding hydrogens is 340 g/mol. The molecule has 0 aliphatic heterocycles. The molecule has 3 N–H and O–H groups in total. The summed E-state index contributed by atoms with van der Waals surface area (Å²) in [7, 11) is 0. The molecule has 0 spiro atoms. The summed E-state index contributed by atoms with van der Waals surface area (Å²) in [4.78, 5) is 17.0. The predicted molar refractivity (Wildman–Crippen MR) is 104 cm³/mol. The average Bonchev–Trinajstić information content (AvgIpc) is 3.48. The molecule has 144 valence electrons. The highest BCUT2D eigenvalue weighted by Gasteiger charge is 2.29. The summed E-state index contributed by atoms with van der Waals surface area (Å²) in [5, 5.41) is 11.3. The van der Waals surface area contributed by atoms with Gasteiger partial charge in [-0.25, -0.2) is 9.67 Å². The molecule has 2 aromatic heterocycles. The molecule has 2 aliphatic rings. The molecule has 7 heteroatoms. The highest BCUT2D eigenvalue weighted by Crippen LogP contribution is 2.38. The molecular formula is C20H28N6O. The lowest BCUT2D eigenvalue weighted by Crippen LogP contribution is -2.42. The van der Waals surface area contributed by atoms with Crippen LogP contribution in [0.5, 0.6) is 0 Å². The summed E-state index contributed by atoms with van der Waals surface area (Å²) in [6.07, 6.45) is 11.0. The number of hydrogen-bond donors (Lipinski definition) is 2. The Morgan fingerprint density at radius 3 is 2.56 bits per heavy atom. The number of nitrogens with zero attached hydrogens (tertiary/aromatic N) is 4. The van der Waals surface area contributed by atoms with Gasteiger partial charge in [-0.05, 0) is 50.7 Å². The number of nitrogens with two attached hydrogens (primary N) is 1. The van der Waals surface area contributed by atoms with Gasteiger partial charge in [-0.15, -0.1) is 5.10 Å². The SMILES string of the molecule is Cc1nnn(C2CC2)c1-c1ccc(NC(=O)[C@@H](N)C2CCCCCC2)nc1. The lowest BCUT2D eigenvalue weighted by Gasteiger charge is -2.21. The summed E-state index contributed by atoms with van der Waals surface area (Å²) in [6.45, 7) is 1.96. The first kappa shape index (κ1) is 18.1. The van der Waals surface area contributed by atoms with Gasteiger partial charge in [0.15, 0.2) is 0 Å². The van der Waals surface area contributed by atoms with Gasteiger partial charge in [-0.2, -0.15) is 0 Å². The van der Waals surface area contributed by atoms with Crippen LogP contribution in [0, 0.1) is 12.8 Å². The first-order valence-electron chi connectivity index (χ1n) is 10.1. The molecule has 4 rings (SSSR count). The van der Waals surface area contributed by atoms with Crippen molar-refractivity contribution in [3.8, 4) is 11.3 Å². The molecule has 0 radical (unpaired) electrons. The molecule has 27 heavy (non-hydrogen) atoms. The maximum atomic E-state index is 12.5. The van der Waals surface area contributed by atoms with Gasteiger partial charge in [0.2, 0.25) is 5.91 Å². The van der Waals surface area contributed by atoms with E-state index in [0.717, 1.165) is 42.6 Å². The lowest BCUT2D eigenvalue weighted by molar-refractivity contribution is -0.118. The van der Waals surface area contributed by atoms with Crippen molar-refractivity contribution in [3.05, 3.63) is 24.0 Å². The number of rotatable bonds is 5. The number of amides is 1. The van der Waals surface area contributed by atoms with Gasteiger partial charge in [0, 0.05) is 11.8 Å². The summed E-state index contributed by atoms with van der Waals surface area (Å²) >= 11 is 0. The van der Waals surface area contributed by atoms with Crippen molar-refractivity contribution in [2.75, 3.05) is 5.32 Å². The number of aryl methyl sites for hydroxylation is 1. The Morgan fingerprint density at radius 2 is 1.93 bits per heavy atom. The van der Waals surface area contributed by atoms with Crippen LogP contribution in [0.1, 0.15) is 63.1 Å². The molecule has 7 nitrogen and oxygen atoms in total. The Hall–Kier alpha value is -2.28. The fraction of sp³-hybridized carbons (Fsp3) is 0.600. The summed E-state index contributed by atoms with van der Waals surface area (Å²) in [5.41, 5.74) is 9.12. The molecule has 1 amide bonds. The molecule has 0 unspecified atom stereocenters. The van der Waals surface area contributed by atoms with E-state index in [1.807, 2.05) is 23.7 Å². The second-order valence-electron chi connectivity index (χ2n) is 7.90. The van der Waals surface area contributed by atoms with Crippen LogP contribution in [-0.4, -0.2) is 31.9 Å². The van der Waals surface area contributed by atoms with E-state index in [4.69, 9.17) is 5.73 Å². The van der Waals surface area contributed by atoms with Crippen LogP contribution in [0.25, 0.3) is 11.3 Å². The zero-order valence-corrected chi connectivity index (χ0v) is 15.9. The molecule has 0 aromatic carbocycles. The Morgan fingerprint density at radius 1 is 1.19 bits per heavy atom. The second-order valence-corrected chi connectivity index (χ2v) is 7.90. The molecule has 1 atom stereocenters. The van der Waals surface area contributed by atoms with E-state index in [0.29, 0.717) is 11.9 Å². The van der Waals surface area contributed by atoms with Crippen LogP contribution in [0.2, 0.25) is 0 Å². The van der Waals surface area contributed by atoms with Crippen LogP contribution >= 0.6 is 0 Å². The summed E-state index contributed by atoms with van der Waals surface area (Å²) in [5.74, 6) is 0.673. The van der Waals surface area contributed by atoms with Crippen molar-refractivity contribution in [2.45, 2.75) is 70.4 Å². The van der Waals surface area contributed by atoms with Crippen LogP contribution in [-0.2, 0) is 4.79 Å². The van der Waals surface area contributed by atoms with Crippen molar-refractivity contribution in [1.82, 2.24) is 20.0 Å². The minimum Gasteiger partial charge on any atom is -0.320 e. The van der Waals surface area contributed by atoms with E-state index in [1.165, 1.54) is 25.7 Å². The maximum Gasteiger partial charge on any atom is 0.242 e. The zero-order chi connectivity index (χ0) is 18.8. The number of aromatic nitrogens is 4. The predicted octanol–water partition coefficient (Wildman–Crippen LogP) is 3.22. The first-order chi connectivity index (χ1) is 13.1. The average molecular weight is 368 g/mol. The summed E-state index contributed by atoms with van der Waals surface area (Å²) < 4.78 is 1.99. The van der Waals surface area contributed by atoms with Crippen LogP contribution in [0.3, 0.4) is 0 Å². The Kier molecular flexibility index (Phi) is 5.20. The van der Waals surface area contributed by atoms with E-state index < -0.39 is 6.04 Å². The van der Waals surface area contributed by atoms with Gasteiger partial charge >= 0.3 is 0 Å². The molecule has 2 fully saturated rings. The number of pyridine rings is 1. The highest BCUT2D eigenvalue weighted by molar-refractivity contribution is 5.94. The van der Waals surface area contributed by atoms with E-state index in [-0.39, 0.29) is 11.8 Å². The van der Waals surface area contributed by atoms with Crippen LogP contribution in [0.15, 0.2) is 18.3 Å². The van der Waals surface area contributed by atoms with E-state index in [2.05, 4.69) is 20.6 Å². The number of nitrogens with one attached hydrogen (secondary N) is 1. The first-order valence-corrected chi connectivity index (χ1v) is 10.1. The van der Waals surface area contributed by atoms with Gasteiger partial charge in [-0.3, -0.25) is 4.79 Å². The molecule has 0 saturated heterocycles. The fourth-order valence-corrected chi connectivity index (χ4v) is 3.99. The van der Waals surface area contributed by atoms with Gasteiger partial charge in [-0.1, -0.05) is 30.9 Å². The monoisotopic (exact) mass is 368 g/mol. The van der Waals surface area contributed by atoms with Crippen LogP contribution in [0.4, 0.5) is 5.82 Å². The van der Waals surface area contributed by atoms with Gasteiger partial charge in [0.05, 0.1) is 23.5 Å². The maximum absolute atomic E-state index is 12.5. The van der Waals surface area contributed by atoms with E-state index >= 15 is 0 Å². The Labute approximate surface area is 159 Å². The minimum atomic E-state index is -0.465. The number of carbonyl (C=O) groups is 1. The molecule has 2 heterocycles. The molecule has 0 bridgehead atoms. The van der Waals surface area contributed by atoms with E-state index in [1.54, 1.807) is 6.20 Å². The molecule has 2 aliphatic carbocycles. The Balaban J connectivity index is 1.43. The number of hydrogen-bond acceptors (Lipinski definition) is 5. The molecule has 2 saturated carbocycles. The third-order valence-electron chi connectivity index (χ3n) is 5.75. The lowest BCUT2D eigenvalue weighted by atomic mass is 9.92. The zero-order valence-electron chi connectivity index (χ0n) is 15.9. The summed E-state index contributed by atoms with van der Waals surface area (Å²) in [6, 6.07) is 3.78. The number of carbonyl (C=O) groups excluding carboxylic acids is 1. The molecule has 2 aromatic rings. The Bertz CT molecular complexity index is 787. The fourth-order valence-electron chi connectivity index (χ4n) is 3.99. The van der Waals surface area contributed by atoms with E-state index in [9.17, 15) is 4.79 Å². The third kappa shape index (κ3) is 4.03. The van der Waals surface area contributed by atoms with Crippen molar-refractivity contribution in [2.24, 2.45) is 11.7 Å². The highest BCUT2D eigenvalue weighted by atomic mass is 16.2. The van der Waals surface area contributed by atoms with Crippen molar-refractivity contribution >= 4 is 11.7 Å². The van der Waals surface area contributed by atoms with Crippen LogP contribution < -0.4 is 11.1 Å². The normalized spacial score (nSPS) is 19.5. The number of anilines is 1. The third-order valence-corrected chi connectivity index (χ3v) is 5.75. The van der Waals surface area contributed by atoms with Crippen molar-refractivity contribution in [3.63, 3.8) is 0 Å². The largest absolute Gasteiger partial charge is 0.320 e. The topological polar surface area (TPSA) is 98.7 Å². The smallest absolute Gasteiger partial charge is 0.242 e. The standard InChI is InChI=1S/C20H28N6O/c1-13-19(26(25-24-13)16-9-10-16)15-8-11-17(22-12-15)23-20(27)18(21)14-6-4-2-3-5-7-14/h8,11-12,14,16,18H,2-7,9-10,21H2,1H3,(H,22,23,27)/t18-/m0/s1.